The van der Waals surface area contributed by atoms with Crippen molar-refractivity contribution in [3.63, 3.8) is 0 Å². The molecule has 0 bridgehead atoms. The number of benzene rings is 3. The van der Waals surface area contributed by atoms with Crippen LogP contribution in [0.5, 0.6) is 0 Å². The lowest BCUT2D eigenvalue weighted by Crippen LogP contribution is -2.31. The Morgan fingerprint density at radius 2 is 1.80 bits per heavy atom. The monoisotopic (exact) mass is 566 g/mol. The summed E-state index contributed by atoms with van der Waals surface area (Å²) in [4.78, 5) is 39.3. The number of likely N-dealkylation sites (N-methyl/N-ethyl adjacent to an activating group) is 1. The molecule has 3 aromatic carbocycles. The number of imidazole rings is 1. The van der Waals surface area contributed by atoms with E-state index in [1.165, 1.54) is 6.08 Å². The molecule has 5 rings (SSSR count). The van der Waals surface area contributed by atoms with Crippen molar-refractivity contribution in [1.29, 1.82) is 0 Å². The zero-order valence-electron chi connectivity index (χ0n) is 22.6. The summed E-state index contributed by atoms with van der Waals surface area (Å²) in [7, 11) is 3.86. The number of carbonyl (C=O) groups excluding carboxylic acids is 2. The Morgan fingerprint density at radius 1 is 1.00 bits per heavy atom. The van der Waals surface area contributed by atoms with E-state index in [2.05, 4.69) is 20.6 Å². The maximum atomic E-state index is 12.9. The first kappa shape index (κ1) is 27.7. The lowest BCUT2D eigenvalue weighted by atomic mass is 10.1. The smallest absolute Gasteiger partial charge is 0.289 e. The van der Waals surface area contributed by atoms with Crippen LogP contribution in [0.25, 0.3) is 16.9 Å². The van der Waals surface area contributed by atoms with Crippen molar-refractivity contribution in [2.45, 2.75) is 6.42 Å². The number of fused-ring (bicyclic) bond motifs is 1. The van der Waals surface area contributed by atoms with Crippen molar-refractivity contribution in [3.05, 3.63) is 119 Å². The van der Waals surface area contributed by atoms with Crippen LogP contribution in [0.3, 0.4) is 0 Å². The van der Waals surface area contributed by atoms with Gasteiger partial charge in [0.1, 0.15) is 16.1 Å². The van der Waals surface area contributed by atoms with Gasteiger partial charge in [-0.3, -0.25) is 14.6 Å². The summed E-state index contributed by atoms with van der Waals surface area (Å²) in [6, 6.07) is 22.2. The first-order chi connectivity index (χ1) is 19.9. The molecule has 2 heterocycles. The number of anilines is 2. The van der Waals surface area contributed by atoms with Gasteiger partial charge in [-0.25, -0.2) is 4.98 Å². The van der Waals surface area contributed by atoms with Gasteiger partial charge in [-0.05, 0) is 68.2 Å². The molecule has 2 aromatic heterocycles. The highest BCUT2D eigenvalue weighted by molar-refractivity contribution is 6.31. The summed E-state index contributed by atoms with van der Waals surface area (Å²) in [5, 5.41) is 6.16. The maximum Gasteiger partial charge on any atom is 0.289 e. The van der Waals surface area contributed by atoms with E-state index in [1.807, 2.05) is 78.4 Å². The minimum absolute atomic E-state index is 0.224. The molecule has 3 N–H and O–H groups in total. The number of hydrogen-bond acceptors (Lipinski definition) is 5. The lowest BCUT2D eigenvalue weighted by molar-refractivity contribution is -0.571. The van der Waals surface area contributed by atoms with Crippen molar-refractivity contribution < 1.29 is 14.2 Å². The van der Waals surface area contributed by atoms with Crippen molar-refractivity contribution in [2.24, 2.45) is 0 Å². The first-order valence-corrected chi connectivity index (χ1v) is 13.4. The normalized spacial score (nSPS) is 11.3. The molecule has 0 saturated carbocycles. The molecule has 0 atom stereocenters. The van der Waals surface area contributed by atoms with Crippen LogP contribution in [0.1, 0.15) is 21.7 Å². The second-order valence-corrected chi connectivity index (χ2v) is 10.1. The van der Waals surface area contributed by atoms with E-state index in [0.29, 0.717) is 46.6 Å². The van der Waals surface area contributed by atoms with Gasteiger partial charge in [0.05, 0.1) is 6.20 Å². The maximum absolute atomic E-state index is 12.9. The van der Waals surface area contributed by atoms with Gasteiger partial charge in [0.25, 0.3) is 11.7 Å². The topological polar surface area (TPSA) is 107 Å². The van der Waals surface area contributed by atoms with Crippen LogP contribution in [0.15, 0.2) is 97.5 Å². The van der Waals surface area contributed by atoms with E-state index < -0.39 is 0 Å². The van der Waals surface area contributed by atoms with Crippen molar-refractivity contribution in [3.8, 4) is 5.82 Å². The standard InChI is InChI=1S/C31H28ClN7O2/c1-38(2)16-6-11-29(40)35-23-14-12-22(13-15-23)31(41)36-24-8-5-7-21(17-24)18-28-33-19-25(32)30(37-28)39-20-34-26-9-3-4-10-27(26)39/h3-15,17,19-20H,16,18H2,1-2H3,(H2,35,36,40,41)/p+1/b11-6+. The predicted molar refractivity (Wildman–Crippen MR) is 160 cm³/mol. The Labute approximate surface area is 242 Å². The van der Waals surface area contributed by atoms with E-state index in [4.69, 9.17) is 16.6 Å². The van der Waals surface area contributed by atoms with Gasteiger partial charge in [0, 0.05) is 36.0 Å². The number of halogens is 1. The summed E-state index contributed by atoms with van der Waals surface area (Å²) in [6.07, 6.45) is 7.15. The molecule has 5 aromatic rings. The molecule has 0 aliphatic rings. The SMILES string of the molecule is CN(C)C/C=C/C(=O)Nc1ccc(C(=O)Nc2cccc(Cc3ncc(Cl)c(-[n+]4c[nH]c5ccccc54)n3)c2)cc1. The Balaban J connectivity index is 1.24. The van der Waals surface area contributed by atoms with Gasteiger partial charge in [0.2, 0.25) is 11.7 Å². The molecule has 10 heteroatoms. The summed E-state index contributed by atoms with van der Waals surface area (Å²) < 4.78 is 1.90. The number of aromatic amines is 1. The number of carbonyl (C=O) groups is 2. The average molecular weight is 567 g/mol. The van der Waals surface area contributed by atoms with Gasteiger partial charge in [0.15, 0.2) is 6.33 Å². The molecule has 0 aliphatic carbocycles. The van der Waals surface area contributed by atoms with E-state index in [0.717, 1.165) is 16.6 Å². The number of para-hydroxylation sites is 2. The molecule has 0 unspecified atom stereocenters. The molecule has 0 fully saturated rings. The Kier molecular flexibility index (Phi) is 8.47. The highest BCUT2D eigenvalue weighted by Crippen LogP contribution is 2.19. The zero-order valence-corrected chi connectivity index (χ0v) is 23.4. The number of nitrogens with one attached hydrogen (secondary N) is 3. The van der Waals surface area contributed by atoms with Crippen LogP contribution in [-0.2, 0) is 11.2 Å². The molecule has 9 nitrogen and oxygen atoms in total. The van der Waals surface area contributed by atoms with Crippen LogP contribution < -0.4 is 15.2 Å². The van der Waals surface area contributed by atoms with Crippen LogP contribution in [0.4, 0.5) is 11.4 Å². The molecular formula is C31H29ClN7O2+. The number of aromatic nitrogens is 4. The molecule has 0 saturated heterocycles. The molecule has 206 valence electrons. The third-order valence-corrected chi connectivity index (χ3v) is 6.48. The van der Waals surface area contributed by atoms with Crippen molar-refractivity contribution in [1.82, 2.24) is 19.9 Å². The third-order valence-electron chi connectivity index (χ3n) is 6.22. The molecule has 0 aliphatic heterocycles. The minimum atomic E-state index is -0.258. The van der Waals surface area contributed by atoms with E-state index in [1.54, 1.807) is 36.5 Å². The average Bonchev–Trinajstić information content (AvgIpc) is 3.38. The number of amides is 2. The number of hydrogen-bond donors (Lipinski definition) is 3. The fourth-order valence-corrected chi connectivity index (χ4v) is 4.42. The Morgan fingerprint density at radius 3 is 2.61 bits per heavy atom. The predicted octanol–water partition coefficient (Wildman–Crippen LogP) is 4.79. The second-order valence-electron chi connectivity index (χ2n) is 9.68. The summed E-state index contributed by atoms with van der Waals surface area (Å²) in [6.45, 7) is 0.672. The van der Waals surface area contributed by atoms with Crippen molar-refractivity contribution >= 4 is 45.8 Å². The van der Waals surface area contributed by atoms with Crippen LogP contribution in [-0.4, -0.2) is 52.3 Å². The quantitative estimate of drug-likeness (QED) is 0.176. The fourth-order valence-electron chi connectivity index (χ4n) is 4.24. The Hall–Kier alpha value is -4.86. The fraction of sp³-hybridized carbons (Fsp3) is 0.129. The van der Waals surface area contributed by atoms with Crippen LogP contribution >= 0.6 is 11.6 Å². The van der Waals surface area contributed by atoms with Crippen LogP contribution in [0.2, 0.25) is 5.02 Å². The third kappa shape index (κ3) is 7.02. The Bertz CT molecular complexity index is 1730. The minimum Gasteiger partial charge on any atom is -0.323 e. The number of H-pyrrole nitrogens is 1. The second kappa shape index (κ2) is 12.5. The van der Waals surface area contributed by atoms with Gasteiger partial charge in [-0.1, -0.05) is 46.9 Å². The lowest BCUT2D eigenvalue weighted by Gasteiger charge is -2.08. The molecular weight excluding hydrogens is 538 g/mol. The zero-order chi connectivity index (χ0) is 28.8. The largest absolute Gasteiger partial charge is 0.323 e. The number of rotatable bonds is 9. The molecule has 0 spiro atoms. The van der Waals surface area contributed by atoms with Gasteiger partial charge < -0.3 is 15.5 Å². The van der Waals surface area contributed by atoms with E-state index >= 15 is 0 Å². The highest BCUT2D eigenvalue weighted by atomic mass is 35.5. The van der Waals surface area contributed by atoms with Gasteiger partial charge >= 0.3 is 0 Å². The molecule has 41 heavy (non-hydrogen) atoms. The summed E-state index contributed by atoms with van der Waals surface area (Å²) in [5.41, 5.74) is 4.58. The molecule has 0 radical (unpaired) electrons. The van der Waals surface area contributed by atoms with E-state index in [9.17, 15) is 9.59 Å². The van der Waals surface area contributed by atoms with Crippen molar-refractivity contribution in [2.75, 3.05) is 31.3 Å². The van der Waals surface area contributed by atoms with Gasteiger partial charge in [-0.2, -0.15) is 4.57 Å². The summed E-state index contributed by atoms with van der Waals surface area (Å²) >= 11 is 6.46. The number of nitrogens with zero attached hydrogens (tertiary/aromatic N) is 4. The first-order valence-electron chi connectivity index (χ1n) is 13.0. The van der Waals surface area contributed by atoms with Gasteiger partial charge in [-0.15, -0.1) is 0 Å². The highest BCUT2D eigenvalue weighted by Gasteiger charge is 2.18. The van der Waals surface area contributed by atoms with E-state index in [-0.39, 0.29) is 11.8 Å². The van der Waals surface area contributed by atoms with Crippen LogP contribution in [0, 0.1) is 0 Å². The summed E-state index contributed by atoms with van der Waals surface area (Å²) in [5.74, 6) is 0.701. The molecule has 2 amide bonds.